The molecule has 5 aromatic carbocycles. The SMILES string of the molecule is COc1ccc(-c2csc(NC(=O)C(Sc3cccc(NC(=O)/C(=C\c4cccc(OC)c4OC)NC(=O)c4ccccc4)c3)c3ccccc3)n2)cc1OC. The molecule has 0 saturated heterocycles. The Balaban J connectivity index is 1.23. The summed E-state index contributed by atoms with van der Waals surface area (Å²) in [5, 5.41) is 10.3. The van der Waals surface area contributed by atoms with Gasteiger partial charge in [-0.2, -0.15) is 0 Å². The largest absolute Gasteiger partial charge is 0.493 e. The summed E-state index contributed by atoms with van der Waals surface area (Å²) >= 11 is 2.63. The number of nitrogens with one attached hydrogen (secondary N) is 3. The standard InChI is InChI=1S/C43H38N4O7S2/c1-51-35-22-21-29(24-37(35)53-3)34-26-55-43(46-34)47-42(50)39(27-13-7-5-8-14-27)56-32-19-12-18-31(25-32)44-41(49)33(45-40(48)28-15-9-6-10-16-28)23-30-17-11-20-36(52-2)38(30)54-4/h5-26,39H,1-4H3,(H,44,49)(H,45,48)(H,46,47,50)/b33-23+. The molecule has 0 fully saturated rings. The highest BCUT2D eigenvalue weighted by atomic mass is 32.2. The summed E-state index contributed by atoms with van der Waals surface area (Å²) in [6.07, 6.45) is 1.53. The van der Waals surface area contributed by atoms with Crippen LogP contribution in [0.4, 0.5) is 10.8 Å². The van der Waals surface area contributed by atoms with Crippen molar-refractivity contribution in [2.45, 2.75) is 10.1 Å². The van der Waals surface area contributed by atoms with E-state index in [1.54, 1.807) is 87.0 Å². The van der Waals surface area contributed by atoms with Crippen LogP contribution in [0.1, 0.15) is 26.7 Å². The van der Waals surface area contributed by atoms with Gasteiger partial charge in [-0.1, -0.05) is 66.7 Å². The number of benzene rings is 5. The van der Waals surface area contributed by atoms with Crippen molar-refractivity contribution >= 4 is 57.7 Å². The Kier molecular flexibility index (Phi) is 13.0. The average molecular weight is 787 g/mol. The summed E-state index contributed by atoms with van der Waals surface area (Å²) < 4.78 is 21.8. The number of aromatic nitrogens is 1. The van der Waals surface area contributed by atoms with E-state index in [4.69, 9.17) is 18.9 Å². The van der Waals surface area contributed by atoms with Crippen LogP contribution in [0.25, 0.3) is 17.3 Å². The smallest absolute Gasteiger partial charge is 0.272 e. The lowest BCUT2D eigenvalue weighted by molar-refractivity contribution is -0.116. The van der Waals surface area contributed by atoms with Gasteiger partial charge in [-0.3, -0.25) is 14.4 Å². The van der Waals surface area contributed by atoms with Gasteiger partial charge in [-0.05, 0) is 66.2 Å². The van der Waals surface area contributed by atoms with Crippen molar-refractivity contribution in [2.24, 2.45) is 0 Å². The lowest BCUT2D eigenvalue weighted by Crippen LogP contribution is -2.30. The van der Waals surface area contributed by atoms with Gasteiger partial charge in [-0.25, -0.2) is 4.98 Å². The molecule has 1 heterocycles. The molecule has 6 rings (SSSR count). The third-order valence-electron chi connectivity index (χ3n) is 8.36. The third-order valence-corrected chi connectivity index (χ3v) is 10.4. The number of carbonyl (C=O) groups excluding carboxylic acids is 3. The van der Waals surface area contributed by atoms with Crippen molar-refractivity contribution in [3.8, 4) is 34.3 Å². The molecule has 0 bridgehead atoms. The topological polar surface area (TPSA) is 137 Å². The monoisotopic (exact) mass is 786 g/mol. The Morgan fingerprint density at radius 2 is 1.43 bits per heavy atom. The number of methoxy groups -OCH3 is 4. The molecule has 11 nitrogen and oxygen atoms in total. The van der Waals surface area contributed by atoms with Crippen molar-refractivity contribution in [1.29, 1.82) is 0 Å². The van der Waals surface area contributed by atoms with Gasteiger partial charge in [0.25, 0.3) is 11.8 Å². The molecule has 1 unspecified atom stereocenters. The number of hydrogen-bond donors (Lipinski definition) is 3. The van der Waals surface area contributed by atoms with Crippen molar-refractivity contribution in [2.75, 3.05) is 39.1 Å². The minimum atomic E-state index is -0.670. The Morgan fingerprint density at radius 1 is 0.714 bits per heavy atom. The highest BCUT2D eigenvalue weighted by Gasteiger charge is 2.24. The molecule has 1 aromatic heterocycles. The number of ether oxygens (including phenoxy) is 4. The van der Waals surface area contributed by atoms with Crippen molar-refractivity contribution in [3.05, 3.63) is 149 Å². The summed E-state index contributed by atoms with van der Waals surface area (Å²) in [6.45, 7) is 0. The van der Waals surface area contributed by atoms with Gasteiger partial charge in [0.1, 0.15) is 10.9 Å². The first-order valence-electron chi connectivity index (χ1n) is 17.2. The second-order valence-corrected chi connectivity index (χ2v) is 14.0. The summed E-state index contributed by atoms with van der Waals surface area (Å²) in [5.74, 6) is 0.720. The van der Waals surface area contributed by atoms with E-state index in [2.05, 4.69) is 20.9 Å². The molecule has 6 aromatic rings. The predicted octanol–water partition coefficient (Wildman–Crippen LogP) is 8.73. The summed E-state index contributed by atoms with van der Waals surface area (Å²) in [5.41, 5.74) is 3.58. The molecule has 3 amide bonds. The number of anilines is 2. The van der Waals surface area contributed by atoms with Crippen LogP contribution in [-0.4, -0.2) is 51.1 Å². The number of rotatable bonds is 15. The van der Waals surface area contributed by atoms with E-state index in [0.717, 1.165) is 11.1 Å². The van der Waals surface area contributed by atoms with Gasteiger partial charge in [0, 0.05) is 32.7 Å². The fraction of sp³-hybridized carbons (Fsp3) is 0.116. The van der Waals surface area contributed by atoms with Crippen LogP contribution >= 0.6 is 23.1 Å². The molecule has 284 valence electrons. The van der Waals surface area contributed by atoms with Crippen LogP contribution in [0.3, 0.4) is 0 Å². The quantitative estimate of drug-likeness (QED) is 0.0690. The van der Waals surface area contributed by atoms with Gasteiger partial charge in [-0.15, -0.1) is 23.1 Å². The molecule has 1 atom stereocenters. The molecule has 56 heavy (non-hydrogen) atoms. The number of nitrogens with zero attached hydrogens (tertiary/aromatic N) is 1. The first kappa shape index (κ1) is 39.1. The zero-order valence-corrected chi connectivity index (χ0v) is 32.5. The number of thioether (sulfide) groups is 1. The van der Waals surface area contributed by atoms with Crippen LogP contribution in [0.5, 0.6) is 23.0 Å². The number of amides is 3. The number of carbonyl (C=O) groups is 3. The molecular formula is C43H38N4O7S2. The molecule has 0 aliphatic carbocycles. The average Bonchev–Trinajstić information content (AvgIpc) is 3.71. The van der Waals surface area contributed by atoms with Crippen LogP contribution < -0.4 is 34.9 Å². The van der Waals surface area contributed by atoms with E-state index in [-0.39, 0.29) is 11.6 Å². The summed E-state index contributed by atoms with van der Waals surface area (Å²) in [6, 6.07) is 35.9. The van der Waals surface area contributed by atoms with Gasteiger partial charge in [0.15, 0.2) is 28.1 Å². The first-order valence-corrected chi connectivity index (χ1v) is 19.0. The minimum absolute atomic E-state index is 0.0269. The molecule has 0 spiro atoms. The Bertz CT molecular complexity index is 2350. The predicted molar refractivity (Wildman–Crippen MR) is 221 cm³/mol. The van der Waals surface area contributed by atoms with Gasteiger partial charge in [0.2, 0.25) is 5.91 Å². The maximum absolute atomic E-state index is 14.0. The van der Waals surface area contributed by atoms with Gasteiger partial charge >= 0.3 is 0 Å². The lowest BCUT2D eigenvalue weighted by atomic mass is 10.1. The van der Waals surface area contributed by atoms with Gasteiger partial charge < -0.3 is 34.9 Å². The lowest BCUT2D eigenvalue weighted by Gasteiger charge is -2.17. The molecule has 0 radical (unpaired) electrons. The highest BCUT2D eigenvalue weighted by Crippen LogP contribution is 2.39. The fourth-order valence-corrected chi connectivity index (χ4v) is 7.44. The van der Waals surface area contributed by atoms with Gasteiger partial charge in [0.05, 0.1) is 34.1 Å². The van der Waals surface area contributed by atoms with Crippen LogP contribution in [-0.2, 0) is 9.59 Å². The Morgan fingerprint density at radius 3 is 2.14 bits per heavy atom. The maximum Gasteiger partial charge on any atom is 0.272 e. The van der Waals surface area contributed by atoms with Crippen molar-refractivity contribution in [1.82, 2.24) is 10.3 Å². The third kappa shape index (κ3) is 9.56. The van der Waals surface area contributed by atoms with Crippen LogP contribution in [0.2, 0.25) is 0 Å². The zero-order chi connectivity index (χ0) is 39.4. The summed E-state index contributed by atoms with van der Waals surface area (Å²) in [7, 11) is 6.16. The highest BCUT2D eigenvalue weighted by molar-refractivity contribution is 8.00. The van der Waals surface area contributed by atoms with E-state index in [0.29, 0.717) is 55.5 Å². The fourth-order valence-electron chi connectivity index (χ4n) is 5.64. The molecule has 0 aliphatic rings. The second kappa shape index (κ2) is 18.7. The van der Waals surface area contributed by atoms with E-state index in [9.17, 15) is 14.4 Å². The maximum atomic E-state index is 14.0. The normalized spacial score (nSPS) is 11.5. The Hall–Kier alpha value is -6.57. The molecule has 0 saturated carbocycles. The van der Waals surface area contributed by atoms with E-state index in [1.165, 1.54) is 43.4 Å². The molecule has 13 heteroatoms. The van der Waals surface area contributed by atoms with E-state index >= 15 is 0 Å². The van der Waals surface area contributed by atoms with Crippen molar-refractivity contribution in [3.63, 3.8) is 0 Å². The first-order chi connectivity index (χ1) is 27.3. The molecular weight excluding hydrogens is 749 g/mol. The van der Waals surface area contributed by atoms with Crippen molar-refractivity contribution < 1.29 is 33.3 Å². The molecule has 0 aliphatic heterocycles. The second-order valence-electron chi connectivity index (χ2n) is 11.9. The van der Waals surface area contributed by atoms with Crippen LogP contribution in [0, 0.1) is 0 Å². The number of thiazole rings is 1. The van der Waals surface area contributed by atoms with Crippen LogP contribution in [0.15, 0.2) is 137 Å². The number of para-hydroxylation sites is 1. The summed E-state index contributed by atoms with van der Waals surface area (Å²) in [4.78, 5) is 46.5. The molecule has 3 N–H and O–H groups in total. The van der Waals surface area contributed by atoms with E-state index in [1.807, 2.05) is 53.9 Å². The zero-order valence-electron chi connectivity index (χ0n) is 30.9. The van der Waals surface area contributed by atoms with E-state index < -0.39 is 17.1 Å². The minimum Gasteiger partial charge on any atom is -0.493 e. The Labute approximate surface area is 332 Å². The number of hydrogen-bond acceptors (Lipinski definition) is 10.